The maximum Gasteiger partial charge on any atom is 0.314 e. The predicted molar refractivity (Wildman–Crippen MR) is 103 cm³/mol. The summed E-state index contributed by atoms with van der Waals surface area (Å²) in [5, 5.41) is 5.87. The van der Waals surface area contributed by atoms with E-state index < -0.39 is 0 Å². The van der Waals surface area contributed by atoms with Gasteiger partial charge in [-0.05, 0) is 43.6 Å². The highest BCUT2D eigenvalue weighted by Gasteiger charge is 2.23. The summed E-state index contributed by atoms with van der Waals surface area (Å²) in [5.74, 6) is 0.813. The number of hydrogen-bond acceptors (Lipinski definition) is 3. The van der Waals surface area contributed by atoms with Crippen LogP contribution in [0.5, 0.6) is 5.75 Å². The zero-order valence-electron chi connectivity index (χ0n) is 15.1. The van der Waals surface area contributed by atoms with Gasteiger partial charge in [0.25, 0.3) is 0 Å². The van der Waals surface area contributed by atoms with Crippen LogP contribution in [0.15, 0.2) is 60.7 Å². The minimum absolute atomic E-state index is 0.151. The first-order valence-electron chi connectivity index (χ1n) is 9.31. The molecule has 0 aliphatic carbocycles. The highest BCUT2D eigenvalue weighted by atomic mass is 16.5. The third-order valence-corrected chi connectivity index (χ3v) is 4.62. The van der Waals surface area contributed by atoms with Gasteiger partial charge >= 0.3 is 6.03 Å². The van der Waals surface area contributed by atoms with E-state index in [1.54, 1.807) is 0 Å². The third kappa shape index (κ3) is 5.49. The van der Waals surface area contributed by atoms with E-state index in [1.165, 1.54) is 18.4 Å². The summed E-state index contributed by atoms with van der Waals surface area (Å²) < 4.78 is 5.58. The highest BCUT2D eigenvalue weighted by Crippen LogP contribution is 2.24. The fraction of sp³-hybridized carbons (Fsp3) is 0.381. The van der Waals surface area contributed by atoms with Crippen molar-refractivity contribution in [3.63, 3.8) is 0 Å². The van der Waals surface area contributed by atoms with Crippen LogP contribution in [0.3, 0.4) is 0 Å². The lowest BCUT2D eigenvalue weighted by Gasteiger charge is -2.28. The molecule has 1 saturated heterocycles. The second-order valence-electron chi connectivity index (χ2n) is 6.47. The minimum atomic E-state index is -0.151. The largest absolute Gasteiger partial charge is 0.492 e. The molecule has 2 amide bonds. The number of carbonyl (C=O) groups is 1. The van der Waals surface area contributed by atoms with E-state index in [4.69, 9.17) is 4.74 Å². The summed E-state index contributed by atoms with van der Waals surface area (Å²) in [6.07, 6.45) is 2.46. The molecule has 1 unspecified atom stereocenters. The van der Waals surface area contributed by atoms with Crippen LogP contribution in [0, 0.1) is 0 Å². The number of benzene rings is 2. The van der Waals surface area contributed by atoms with Crippen molar-refractivity contribution < 1.29 is 9.53 Å². The number of hydrogen-bond donors (Lipinski definition) is 2. The number of rotatable bonds is 8. The van der Waals surface area contributed by atoms with Crippen molar-refractivity contribution in [1.29, 1.82) is 0 Å². The van der Waals surface area contributed by atoms with Gasteiger partial charge in [-0.2, -0.15) is 0 Å². The zero-order chi connectivity index (χ0) is 18.0. The zero-order valence-corrected chi connectivity index (χ0v) is 15.1. The molecule has 138 valence electrons. The van der Waals surface area contributed by atoms with Crippen molar-refractivity contribution in [2.75, 3.05) is 32.8 Å². The molecule has 1 aliphatic heterocycles. The Morgan fingerprint density at radius 3 is 2.31 bits per heavy atom. The number of nitrogens with one attached hydrogen (secondary N) is 2. The van der Waals surface area contributed by atoms with Gasteiger partial charge in [-0.3, -0.25) is 4.90 Å². The average molecular weight is 353 g/mol. The minimum Gasteiger partial charge on any atom is -0.492 e. The van der Waals surface area contributed by atoms with Crippen LogP contribution in [-0.4, -0.2) is 43.7 Å². The average Bonchev–Trinajstić information content (AvgIpc) is 3.22. The van der Waals surface area contributed by atoms with Crippen molar-refractivity contribution in [2.45, 2.75) is 18.9 Å². The van der Waals surface area contributed by atoms with Gasteiger partial charge in [-0.15, -0.1) is 0 Å². The summed E-state index contributed by atoms with van der Waals surface area (Å²) >= 11 is 0. The predicted octanol–water partition coefficient (Wildman–Crippen LogP) is 3.20. The monoisotopic (exact) mass is 353 g/mol. The van der Waals surface area contributed by atoms with E-state index in [-0.39, 0.29) is 12.1 Å². The van der Waals surface area contributed by atoms with E-state index in [9.17, 15) is 4.79 Å². The number of likely N-dealkylation sites (tertiary alicyclic amines) is 1. The molecule has 2 aromatic rings. The summed E-state index contributed by atoms with van der Waals surface area (Å²) in [4.78, 5) is 14.6. The molecule has 1 atom stereocenters. The topological polar surface area (TPSA) is 53.6 Å². The van der Waals surface area contributed by atoms with Crippen molar-refractivity contribution in [3.8, 4) is 5.75 Å². The number of amides is 2. The van der Waals surface area contributed by atoms with E-state index in [0.29, 0.717) is 19.7 Å². The number of ether oxygens (including phenoxy) is 1. The van der Waals surface area contributed by atoms with Crippen molar-refractivity contribution >= 4 is 6.03 Å². The molecular weight excluding hydrogens is 326 g/mol. The molecule has 1 fully saturated rings. The third-order valence-electron chi connectivity index (χ3n) is 4.62. The quantitative estimate of drug-likeness (QED) is 0.717. The maximum atomic E-state index is 12.1. The normalized spacial score (nSPS) is 15.4. The van der Waals surface area contributed by atoms with Crippen LogP contribution in [0.2, 0.25) is 0 Å². The van der Waals surface area contributed by atoms with E-state index >= 15 is 0 Å². The fourth-order valence-corrected chi connectivity index (χ4v) is 3.29. The standard InChI is InChI=1S/C21H27N3O2/c25-21(22-13-16-26-19-11-5-2-6-12-19)23-17-20(24-14-7-8-15-24)18-9-3-1-4-10-18/h1-6,9-12,20H,7-8,13-17H2,(H2,22,23,25). The Bertz CT molecular complexity index is 657. The smallest absolute Gasteiger partial charge is 0.314 e. The van der Waals surface area contributed by atoms with Gasteiger partial charge < -0.3 is 15.4 Å². The van der Waals surface area contributed by atoms with Gasteiger partial charge in [0, 0.05) is 6.54 Å². The van der Waals surface area contributed by atoms with Crippen LogP contribution in [-0.2, 0) is 0 Å². The molecular formula is C21H27N3O2. The van der Waals surface area contributed by atoms with Gasteiger partial charge in [0.2, 0.25) is 0 Å². The molecule has 5 heteroatoms. The van der Waals surface area contributed by atoms with Gasteiger partial charge in [0.15, 0.2) is 0 Å². The second kappa shape index (κ2) is 9.82. The van der Waals surface area contributed by atoms with Gasteiger partial charge in [0.1, 0.15) is 12.4 Å². The molecule has 0 bridgehead atoms. The van der Waals surface area contributed by atoms with Crippen LogP contribution in [0.4, 0.5) is 4.79 Å². The molecule has 0 spiro atoms. The summed E-state index contributed by atoms with van der Waals surface area (Å²) in [5.41, 5.74) is 1.25. The molecule has 5 nitrogen and oxygen atoms in total. The number of urea groups is 1. The summed E-state index contributed by atoms with van der Waals surface area (Å²) in [6.45, 7) is 3.71. The Labute approximate surface area is 155 Å². The maximum absolute atomic E-state index is 12.1. The Hall–Kier alpha value is -2.53. The molecule has 1 aliphatic rings. The number of para-hydroxylation sites is 1. The van der Waals surface area contributed by atoms with Crippen LogP contribution in [0.25, 0.3) is 0 Å². The van der Waals surface area contributed by atoms with Gasteiger partial charge in [0.05, 0.1) is 12.6 Å². The Morgan fingerprint density at radius 1 is 0.962 bits per heavy atom. The molecule has 26 heavy (non-hydrogen) atoms. The van der Waals surface area contributed by atoms with E-state index in [0.717, 1.165) is 18.8 Å². The summed E-state index contributed by atoms with van der Waals surface area (Å²) in [6, 6.07) is 20.1. The SMILES string of the molecule is O=C(NCCOc1ccccc1)NCC(c1ccccc1)N1CCCC1. The lowest BCUT2D eigenvalue weighted by atomic mass is 10.1. The molecule has 0 radical (unpaired) electrons. The van der Waals surface area contributed by atoms with Crippen LogP contribution in [0.1, 0.15) is 24.4 Å². The van der Waals surface area contributed by atoms with Crippen molar-refractivity contribution in [3.05, 3.63) is 66.2 Å². The highest BCUT2D eigenvalue weighted by molar-refractivity contribution is 5.73. The summed E-state index contributed by atoms with van der Waals surface area (Å²) in [7, 11) is 0. The second-order valence-corrected chi connectivity index (χ2v) is 6.47. The van der Waals surface area contributed by atoms with Crippen LogP contribution < -0.4 is 15.4 Å². The first-order chi connectivity index (χ1) is 12.8. The van der Waals surface area contributed by atoms with Crippen LogP contribution >= 0.6 is 0 Å². The molecule has 3 rings (SSSR count). The molecule has 2 aromatic carbocycles. The number of carbonyl (C=O) groups excluding carboxylic acids is 1. The first-order valence-corrected chi connectivity index (χ1v) is 9.31. The van der Waals surface area contributed by atoms with Crippen molar-refractivity contribution in [1.82, 2.24) is 15.5 Å². The fourth-order valence-electron chi connectivity index (χ4n) is 3.29. The molecule has 1 heterocycles. The Balaban J connectivity index is 1.42. The van der Waals surface area contributed by atoms with Gasteiger partial charge in [-0.1, -0.05) is 48.5 Å². The molecule has 0 aromatic heterocycles. The first kappa shape index (κ1) is 18.3. The molecule has 2 N–H and O–H groups in total. The van der Waals surface area contributed by atoms with Gasteiger partial charge in [-0.25, -0.2) is 4.79 Å². The Morgan fingerprint density at radius 2 is 1.62 bits per heavy atom. The lowest BCUT2D eigenvalue weighted by molar-refractivity contribution is 0.218. The Kier molecular flexibility index (Phi) is 6.90. The van der Waals surface area contributed by atoms with E-state index in [2.05, 4.69) is 39.8 Å². The molecule has 0 saturated carbocycles. The lowest BCUT2D eigenvalue weighted by Crippen LogP contribution is -2.42. The van der Waals surface area contributed by atoms with Crippen molar-refractivity contribution in [2.24, 2.45) is 0 Å². The van der Waals surface area contributed by atoms with E-state index in [1.807, 2.05) is 36.4 Å². The number of nitrogens with zero attached hydrogens (tertiary/aromatic N) is 1.